The number of rotatable bonds is 12. The van der Waals surface area contributed by atoms with Gasteiger partial charge < -0.3 is 10.1 Å². The summed E-state index contributed by atoms with van der Waals surface area (Å²) in [5.41, 5.74) is 0. The van der Waals surface area contributed by atoms with Gasteiger partial charge in [0, 0.05) is 18.9 Å². The highest BCUT2D eigenvalue weighted by Crippen LogP contribution is 2.06. The maximum atomic E-state index is 11.7. The number of ether oxygens (including phenoxy) is 1. The Hall–Kier alpha value is -1.06. The molecule has 0 aliphatic heterocycles. The molecule has 4 heteroatoms. The minimum absolute atomic E-state index is 0.0367. The molecule has 21 heavy (non-hydrogen) atoms. The fourth-order valence-corrected chi connectivity index (χ4v) is 2.02. The molecule has 0 bridgehead atoms. The van der Waals surface area contributed by atoms with Crippen molar-refractivity contribution >= 4 is 11.9 Å². The van der Waals surface area contributed by atoms with Crippen LogP contribution in [0, 0.1) is 5.92 Å². The average Bonchev–Trinajstić information content (AvgIpc) is 2.41. The van der Waals surface area contributed by atoms with Crippen molar-refractivity contribution in [3.05, 3.63) is 0 Å². The van der Waals surface area contributed by atoms with Gasteiger partial charge in [-0.1, -0.05) is 46.5 Å². The molecule has 0 fully saturated rings. The number of esters is 1. The number of carbonyl (C=O) groups is 2. The van der Waals surface area contributed by atoms with Crippen LogP contribution in [0.4, 0.5) is 0 Å². The largest absolute Gasteiger partial charge is 0.465 e. The van der Waals surface area contributed by atoms with E-state index in [0.717, 1.165) is 12.8 Å². The molecule has 0 saturated heterocycles. The van der Waals surface area contributed by atoms with Crippen molar-refractivity contribution in [2.24, 2.45) is 5.92 Å². The molecule has 4 nitrogen and oxygen atoms in total. The SMILES string of the molecule is CCCCCCC(C)NC(=O)CCCC(=O)OCC(C)C. The van der Waals surface area contributed by atoms with Crippen LogP contribution in [0.3, 0.4) is 0 Å². The summed E-state index contributed by atoms with van der Waals surface area (Å²) >= 11 is 0. The summed E-state index contributed by atoms with van der Waals surface area (Å²) in [6.07, 6.45) is 7.20. The van der Waals surface area contributed by atoms with Gasteiger partial charge >= 0.3 is 5.97 Å². The Bertz CT molecular complexity index is 290. The zero-order valence-electron chi connectivity index (χ0n) is 14.2. The molecule has 0 radical (unpaired) electrons. The van der Waals surface area contributed by atoms with E-state index >= 15 is 0 Å². The summed E-state index contributed by atoms with van der Waals surface area (Å²) in [6.45, 7) is 8.70. The van der Waals surface area contributed by atoms with Crippen molar-refractivity contribution in [3.8, 4) is 0 Å². The number of nitrogens with one attached hydrogen (secondary N) is 1. The summed E-state index contributed by atoms with van der Waals surface area (Å²) in [5, 5.41) is 2.99. The van der Waals surface area contributed by atoms with Gasteiger partial charge in [0.25, 0.3) is 0 Å². The Morgan fingerprint density at radius 1 is 1.00 bits per heavy atom. The second-order valence-electron chi connectivity index (χ2n) is 6.25. The van der Waals surface area contributed by atoms with Gasteiger partial charge in [-0.15, -0.1) is 0 Å². The molecule has 0 aliphatic rings. The van der Waals surface area contributed by atoms with Crippen molar-refractivity contribution < 1.29 is 14.3 Å². The first-order valence-electron chi connectivity index (χ1n) is 8.40. The van der Waals surface area contributed by atoms with Gasteiger partial charge in [-0.2, -0.15) is 0 Å². The van der Waals surface area contributed by atoms with Crippen LogP contribution < -0.4 is 5.32 Å². The molecule has 0 aromatic rings. The molecule has 1 atom stereocenters. The number of hydrogen-bond donors (Lipinski definition) is 1. The van der Waals surface area contributed by atoms with E-state index in [2.05, 4.69) is 12.2 Å². The van der Waals surface area contributed by atoms with Crippen molar-refractivity contribution in [1.29, 1.82) is 0 Å². The summed E-state index contributed by atoms with van der Waals surface area (Å²) in [5.74, 6) is 0.185. The Kier molecular flexibility index (Phi) is 12.0. The van der Waals surface area contributed by atoms with E-state index in [1.165, 1.54) is 19.3 Å². The highest BCUT2D eigenvalue weighted by molar-refractivity contribution is 5.77. The number of hydrogen-bond acceptors (Lipinski definition) is 3. The first-order valence-corrected chi connectivity index (χ1v) is 8.40. The molecule has 1 N–H and O–H groups in total. The van der Waals surface area contributed by atoms with Crippen LogP contribution in [0.25, 0.3) is 0 Å². The Balaban J connectivity index is 3.58. The smallest absolute Gasteiger partial charge is 0.305 e. The lowest BCUT2D eigenvalue weighted by atomic mass is 10.1. The predicted octanol–water partition coefficient (Wildman–Crippen LogP) is 3.83. The molecule has 0 rings (SSSR count). The number of amides is 1. The van der Waals surface area contributed by atoms with Crippen molar-refractivity contribution in [2.75, 3.05) is 6.61 Å². The topological polar surface area (TPSA) is 55.4 Å². The van der Waals surface area contributed by atoms with Crippen molar-refractivity contribution in [2.45, 2.75) is 85.1 Å². The van der Waals surface area contributed by atoms with Crippen molar-refractivity contribution in [1.82, 2.24) is 5.32 Å². The van der Waals surface area contributed by atoms with E-state index in [1.807, 2.05) is 20.8 Å². The van der Waals surface area contributed by atoms with E-state index in [0.29, 0.717) is 31.8 Å². The summed E-state index contributed by atoms with van der Waals surface area (Å²) in [7, 11) is 0. The average molecular weight is 299 g/mol. The lowest BCUT2D eigenvalue weighted by Gasteiger charge is -2.13. The second kappa shape index (κ2) is 12.7. The first kappa shape index (κ1) is 19.9. The Morgan fingerprint density at radius 2 is 1.71 bits per heavy atom. The number of unbranched alkanes of at least 4 members (excludes halogenated alkanes) is 3. The normalized spacial score (nSPS) is 12.2. The van der Waals surface area contributed by atoms with Crippen LogP contribution in [0.1, 0.15) is 79.1 Å². The highest BCUT2D eigenvalue weighted by Gasteiger charge is 2.09. The van der Waals surface area contributed by atoms with Gasteiger partial charge in [0.15, 0.2) is 0 Å². The van der Waals surface area contributed by atoms with Crippen molar-refractivity contribution in [3.63, 3.8) is 0 Å². The molecular weight excluding hydrogens is 266 g/mol. The molecule has 0 spiro atoms. The molecule has 124 valence electrons. The van der Waals surface area contributed by atoms with Gasteiger partial charge in [0.2, 0.25) is 5.91 Å². The number of carbonyl (C=O) groups excluding carboxylic acids is 2. The molecule has 0 aliphatic carbocycles. The maximum Gasteiger partial charge on any atom is 0.305 e. The van der Waals surface area contributed by atoms with Crippen LogP contribution in [0.2, 0.25) is 0 Å². The van der Waals surface area contributed by atoms with Gasteiger partial charge in [-0.3, -0.25) is 9.59 Å². The van der Waals surface area contributed by atoms with E-state index in [1.54, 1.807) is 0 Å². The third-order valence-electron chi connectivity index (χ3n) is 3.26. The van der Waals surface area contributed by atoms with E-state index in [4.69, 9.17) is 4.74 Å². The fraction of sp³-hybridized carbons (Fsp3) is 0.882. The molecule has 0 heterocycles. The van der Waals surface area contributed by atoms with Crippen LogP contribution in [-0.2, 0) is 14.3 Å². The zero-order chi connectivity index (χ0) is 16.1. The quantitative estimate of drug-likeness (QED) is 0.440. The molecule has 0 saturated carbocycles. The second-order valence-corrected chi connectivity index (χ2v) is 6.25. The predicted molar refractivity (Wildman–Crippen MR) is 86.0 cm³/mol. The lowest BCUT2D eigenvalue weighted by molar-refractivity contribution is -0.144. The van der Waals surface area contributed by atoms with Crippen LogP contribution in [0.15, 0.2) is 0 Å². The van der Waals surface area contributed by atoms with Crippen LogP contribution >= 0.6 is 0 Å². The monoisotopic (exact) mass is 299 g/mol. The Labute approximate surface area is 130 Å². The summed E-state index contributed by atoms with van der Waals surface area (Å²) in [4.78, 5) is 23.1. The van der Waals surface area contributed by atoms with Gasteiger partial charge in [0.05, 0.1) is 6.61 Å². The fourth-order valence-electron chi connectivity index (χ4n) is 2.02. The minimum atomic E-state index is -0.205. The van der Waals surface area contributed by atoms with E-state index < -0.39 is 0 Å². The zero-order valence-corrected chi connectivity index (χ0v) is 14.2. The van der Waals surface area contributed by atoms with Gasteiger partial charge in [-0.05, 0) is 25.7 Å². The molecule has 1 unspecified atom stereocenters. The third kappa shape index (κ3) is 13.7. The third-order valence-corrected chi connectivity index (χ3v) is 3.26. The summed E-state index contributed by atoms with van der Waals surface area (Å²) < 4.78 is 5.07. The standard InChI is InChI=1S/C17H33NO3/c1-5-6-7-8-10-15(4)18-16(19)11-9-12-17(20)21-13-14(2)3/h14-15H,5-13H2,1-4H3,(H,18,19). The summed E-state index contributed by atoms with van der Waals surface area (Å²) in [6, 6.07) is 0.224. The molecular formula is C17H33NO3. The maximum absolute atomic E-state index is 11.7. The lowest BCUT2D eigenvalue weighted by Crippen LogP contribution is -2.32. The molecule has 0 aromatic carbocycles. The minimum Gasteiger partial charge on any atom is -0.465 e. The molecule has 1 amide bonds. The van der Waals surface area contributed by atoms with E-state index in [-0.39, 0.29) is 17.9 Å². The van der Waals surface area contributed by atoms with Gasteiger partial charge in [0.1, 0.15) is 0 Å². The van der Waals surface area contributed by atoms with Crippen LogP contribution in [-0.4, -0.2) is 24.5 Å². The van der Waals surface area contributed by atoms with Gasteiger partial charge in [-0.25, -0.2) is 0 Å². The first-order chi connectivity index (χ1) is 9.95. The highest BCUT2D eigenvalue weighted by atomic mass is 16.5. The van der Waals surface area contributed by atoms with E-state index in [9.17, 15) is 9.59 Å². The van der Waals surface area contributed by atoms with Crippen LogP contribution in [0.5, 0.6) is 0 Å². The molecule has 0 aromatic heterocycles. The Morgan fingerprint density at radius 3 is 2.33 bits per heavy atom.